The van der Waals surface area contributed by atoms with Crippen molar-refractivity contribution in [3.8, 4) is 18.1 Å². The fourth-order valence-corrected chi connectivity index (χ4v) is 0.800. The maximum Gasteiger partial charge on any atom is 0.320 e. The van der Waals surface area contributed by atoms with Gasteiger partial charge in [-0.05, 0) is 24.3 Å². The van der Waals surface area contributed by atoms with Gasteiger partial charge in [-0.2, -0.15) is 0 Å². The van der Waals surface area contributed by atoms with E-state index in [2.05, 4.69) is 11.4 Å². The minimum absolute atomic E-state index is 0.253. The number of nitrogens with one attached hydrogen (secondary N) is 1. The second-order valence-corrected chi connectivity index (χ2v) is 2.49. The summed E-state index contributed by atoms with van der Waals surface area (Å²) in [5.74, 6) is 2.00. The maximum absolute atomic E-state index is 10.1. The zero-order valence-electron chi connectivity index (χ0n) is 7.36. The Morgan fingerprint density at radius 1 is 1.50 bits per heavy atom. The Kier molecular flexibility index (Phi) is 3.53. The van der Waals surface area contributed by atoms with Crippen molar-refractivity contribution in [2.75, 3.05) is 6.54 Å². The van der Waals surface area contributed by atoms with Gasteiger partial charge in [0.2, 0.25) is 0 Å². The molecule has 0 unspecified atom stereocenters. The van der Waals surface area contributed by atoms with Crippen molar-refractivity contribution in [3.05, 3.63) is 29.8 Å². The summed E-state index contributed by atoms with van der Waals surface area (Å²) in [5, 5.41) is 8.30. The fraction of sp³-hybridized carbons (Fsp3) is 0.100. The van der Waals surface area contributed by atoms with Gasteiger partial charge >= 0.3 is 5.97 Å². The highest BCUT2D eigenvalue weighted by molar-refractivity contribution is 5.68. The van der Waals surface area contributed by atoms with Crippen LogP contribution in [0.1, 0.15) is 5.56 Å². The third-order valence-electron chi connectivity index (χ3n) is 1.43. The van der Waals surface area contributed by atoms with Gasteiger partial charge in [0, 0.05) is 5.56 Å². The minimum Gasteiger partial charge on any atom is -0.480 e. The van der Waals surface area contributed by atoms with E-state index in [4.69, 9.17) is 16.4 Å². The molecule has 2 N–H and O–H groups in total. The van der Waals surface area contributed by atoms with Crippen LogP contribution in [0.25, 0.3) is 0 Å². The van der Waals surface area contributed by atoms with Gasteiger partial charge in [0.1, 0.15) is 12.3 Å². The number of hydrogen-bond donors (Lipinski definition) is 2. The average molecular weight is 191 g/mol. The first kappa shape index (κ1) is 10.1. The second-order valence-electron chi connectivity index (χ2n) is 2.49. The van der Waals surface area contributed by atoms with Gasteiger partial charge in [-0.1, -0.05) is 5.92 Å². The van der Waals surface area contributed by atoms with E-state index in [1.165, 1.54) is 0 Å². The van der Waals surface area contributed by atoms with Crippen LogP contribution in [-0.4, -0.2) is 17.6 Å². The van der Waals surface area contributed by atoms with Crippen LogP contribution in [0.4, 0.5) is 0 Å². The van der Waals surface area contributed by atoms with Gasteiger partial charge in [0.25, 0.3) is 0 Å². The summed E-state index contributed by atoms with van der Waals surface area (Å²) in [4.78, 5) is 15.0. The van der Waals surface area contributed by atoms with Gasteiger partial charge in [0.05, 0.1) is 0 Å². The first-order chi connectivity index (χ1) is 6.72. The molecule has 0 bridgehead atoms. The normalized spacial score (nSPS) is 9.07. The summed E-state index contributed by atoms with van der Waals surface area (Å²) >= 11 is 0. The maximum atomic E-state index is 10.1. The summed E-state index contributed by atoms with van der Waals surface area (Å²) in [6.45, 7) is -0.253. The van der Waals surface area contributed by atoms with E-state index >= 15 is 0 Å². The number of benzene rings is 1. The Bertz CT molecular complexity index is 351. The Labute approximate surface area is 81.5 Å². The lowest BCUT2D eigenvalue weighted by molar-refractivity contribution is -0.137. The fourth-order valence-electron chi connectivity index (χ4n) is 0.800. The quantitative estimate of drug-likeness (QED) is 0.541. The zero-order chi connectivity index (χ0) is 10.4. The first-order valence-electron chi connectivity index (χ1n) is 3.90. The highest BCUT2D eigenvalue weighted by Crippen LogP contribution is 2.09. The number of carboxylic acid groups (broad SMARTS) is 1. The largest absolute Gasteiger partial charge is 0.480 e. The Hall–Kier alpha value is -1.99. The Morgan fingerprint density at radius 3 is 2.64 bits per heavy atom. The highest BCUT2D eigenvalue weighted by atomic mass is 16.6. The van der Waals surface area contributed by atoms with Crippen molar-refractivity contribution in [1.82, 2.24) is 5.48 Å². The van der Waals surface area contributed by atoms with Crippen LogP contribution in [0.15, 0.2) is 24.3 Å². The molecule has 0 aromatic heterocycles. The van der Waals surface area contributed by atoms with Crippen LogP contribution in [0.5, 0.6) is 5.75 Å². The molecule has 0 aliphatic heterocycles. The number of hydrogen-bond acceptors (Lipinski definition) is 3. The molecule has 4 nitrogen and oxygen atoms in total. The lowest BCUT2D eigenvalue weighted by Crippen LogP contribution is -2.25. The molecule has 0 fully saturated rings. The van der Waals surface area contributed by atoms with Crippen molar-refractivity contribution < 1.29 is 14.7 Å². The van der Waals surface area contributed by atoms with E-state index in [1.54, 1.807) is 24.3 Å². The molecule has 72 valence electrons. The molecule has 0 heterocycles. The van der Waals surface area contributed by atoms with Crippen LogP contribution >= 0.6 is 0 Å². The lowest BCUT2D eigenvalue weighted by Gasteiger charge is -2.04. The number of terminal acetylenes is 1. The van der Waals surface area contributed by atoms with Crippen LogP contribution in [-0.2, 0) is 4.79 Å². The molecule has 1 aromatic rings. The third kappa shape index (κ3) is 3.17. The molecule has 0 radical (unpaired) electrons. The van der Waals surface area contributed by atoms with Crippen molar-refractivity contribution in [1.29, 1.82) is 0 Å². The first-order valence-corrected chi connectivity index (χ1v) is 3.90. The molecule has 1 aromatic carbocycles. The van der Waals surface area contributed by atoms with E-state index in [9.17, 15) is 4.79 Å². The van der Waals surface area contributed by atoms with Crippen LogP contribution in [0, 0.1) is 12.3 Å². The summed E-state index contributed by atoms with van der Waals surface area (Å²) in [6, 6.07) is 6.73. The summed E-state index contributed by atoms with van der Waals surface area (Å²) < 4.78 is 0. The van der Waals surface area contributed by atoms with Gasteiger partial charge in [0.15, 0.2) is 0 Å². The van der Waals surface area contributed by atoms with E-state index in [-0.39, 0.29) is 6.54 Å². The van der Waals surface area contributed by atoms with Gasteiger partial charge < -0.3 is 9.94 Å². The zero-order valence-corrected chi connectivity index (χ0v) is 7.36. The predicted molar refractivity (Wildman–Crippen MR) is 50.6 cm³/mol. The van der Waals surface area contributed by atoms with Crippen molar-refractivity contribution >= 4 is 5.97 Å². The molecule has 1 rings (SSSR count). The van der Waals surface area contributed by atoms with E-state index in [0.717, 1.165) is 5.56 Å². The molecule has 0 aliphatic carbocycles. The highest BCUT2D eigenvalue weighted by Gasteiger charge is 1.96. The van der Waals surface area contributed by atoms with E-state index in [0.29, 0.717) is 5.75 Å². The summed E-state index contributed by atoms with van der Waals surface area (Å²) in [7, 11) is 0. The third-order valence-corrected chi connectivity index (χ3v) is 1.43. The van der Waals surface area contributed by atoms with Gasteiger partial charge in [-0.3, -0.25) is 4.79 Å². The summed E-state index contributed by atoms with van der Waals surface area (Å²) in [6.07, 6.45) is 5.16. The molecular formula is C10H9NO3. The Morgan fingerprint density at radius 2 is 2.14 bits per heavy atom. The smallest absolute Gasteiger partial charge is 0.320 e. The van der Waals surface area contributed by atoms with Gasteiger partial charge in [-0.25, -0.2) is 0 Å². The number of rotatable bonds is 4. The average Bonchev–Trinajstić information content (AvgIpc) is 2.18. The molecule has 0 amide bonds. The van der Waals surface area contributed by atoms with Gasteiger partial charge in [-0.15, -0.1) is 11.9 Å². The molecule has 0 aliphatic rings. The monoisotopic (exact) mass is 191 g/mol. The van der Waals surface area contributed by atoms with E-state index < -0.39 is 5.97 Å². The molecule has 14 heavy (non-hydrogen) atoms. The lowest BCUT2D eigenvalue weighted by atomic mass is 10.2. The SMILES string of the molecule is C#Cc1ccc(ONCC(=O)O)cc1. The Balaban J connectivity index is 2.45. The summed E-state index contributed by atoms with van der Waals surface area (Å²) in [5.41, 5.74) is 3.03. The molecular weight excluding hydrogens is 182 g/mol. The number of hydroxylamine groups is 1. The molecule has 0 atom stereocenters. The molecule has 4 heteroatoms. The van der Waals surface area contributed by atoms with Crippen LogP contribution in [0.3, 0.4) is 0 Å². The van der Waals surface area contributed by atoms with E-state index in [1.807, 2.05) is 0 Å². The van der Waals surface area contributed by atoms with Crippen molar-refractivity contribution in [2.24, 2.45) is 0 Å². The minimum atomic E-state index is -0.981. The van der Waals surface area contributed by atoms with Crippen LogP contribution < -0.4 is 10.3 Å². The van der Waals surface area contributed by atoms with Crippen molar-refractivity contribution in [2.45, 2.75) is 0 Å². The topological polar surface area (TPSA) is 58.6 Å². The number of carboxylic acids is 1. The van der Waals surface area contributed by atoms with Crippen molar-refractivity contribution in [3.63, 3.8) is 0 Å². The molecule has 0 saturated heterocycles. The second kappa shape index (κ2) is 4.90. The molecule has 0 spiro atoms. The standard InChI is InChI=1S/C10H9NO3/c1-2-8-3-5-9(6-4-8)14-11-7-10(12)13/h1,3-6,11H,7H2,(H,12,13). The molecule has 0 saturated carbocycles. The number of carbonyl (C=O) groups is 1. The predicted octanol–water partition coefficient (Wildman–Crippen LogP) is 0.636. The van der Waals surface area contributed by atoms with Crippen LogP contribution in [0.2, 0.25) is 0 Å². The number of aliphatic carboxylic acids is 1.